The normalized spacial score (nSPS) is 15.3. The first kappa shape index (κ1) is 22.3. The van der Waals surface area contributed by atoms with Crippen molar-refractivity contribution in [3.05, 3.63) is 94.0 Å². The number of fused-ring (bicyclic) bond motifs is 1. The number of sulfonamides is 1. The van der Waals surface area contributed by atoms with Gasteiger partial charge < -0.3 is 10.1 Å². The minimum absolute atomic E-state index is 0.130. The van der Waals surface area contributed by atoms with Gasteiger partial charge in [-0.05, 0) is 30.7 Å². The third kappa shape index (κ3) is 4.65. The summed E-state index contributed by atoms with van der Waals surface area (Å²) in [7, 11) is -3.83. The second kappa shape index (κ2) is 8.91. The molecule has 1 atom stereocenters. The smallest absolute Gasteiger partial charge is 0.274 e. The van der Waals surface area contributed by atoms with E-state index in [1.54, 1.807) is 60.7 Å². The summed E-state index contributed by atoms with van der Waals surface area (Å²) in [6.07, 6.45) is -1.15. The Morgan fingerprint density at radius 1 is 1.09 bits per heavy atom. The molecule has 0 aliphatic carbocycles. The molecule has 170 valence electrons. The van der Waals surface area contributed by atoms with Gasteiger partial charge in [0.25, 0.3) is 11.6 Å². The summed E-state index contributed by atoms with van der Waals surface area (Å²) >= 11 is 0. The second-order valence-corrected chi connectivity index (χ2v) is 9.44. The van der Waals surface area contributed by atoms with Crippen LogP contribution in [-0.4, -0.2) is 31.9 Å². The molecule has 0 aromatic heterocycles. The van der Waals surface area contributed by atoms with Crippen LogP contribution in [0.3, 0.4) is 0 Å². The number of hydrogen-bond acceptors (Lipinski definition) is 6. The van der Waals surface area contributed by atoms with E-state index in [1.165, 1.54) is 23.4 Å². The lowest BCUT2D eigenvalue weighted by Gasteiger charge is -2.34. The molecular formula is C23H21N3O6S. The summed E-state index contributed by atoms with van der Waals surface area (Å²) in [6, 6.07) is 19.7. The van der Waals surface area contributed by atoms with Crippen LogP contribution in [0.2, 0.25) is 0 Å². The highest BCUT2D eigenvalue weighted by molar-refractivity contribution is 7.92. The second-order valence-electron chi connectivity index (χ2n) is 7.54. The Hall–Kier alpha value is -3.92. The molecule has 10 heteroatoms. The number of anilines is 2. The number of nitrogens with zero attached hydrogens (tertiary/aromatic N) is 2. The van der Waals surface area contributed by atoms with Crippen molar-refractivity contribution < 1.29 is 22.9 Å². The molecule has 1 aliphatic rings. The quantitative estimate of drug-likeness (QED) is 0.437. The number of para-hydroxylation sites is 2. The Kier molecular flexibility index (Phi) is 6.01. The summed E-state index contributed by atoms with van der Waals surface area (Å²) in [6.45, 7) is 1.30. The lowest BCUT2D eigenvalue weighted by Crippen LogP contribution is -2.49. The Labute approximate surface area is 190 Å². The van der Waals surface area contributed by atoms with Crippen molar-refractivity contribution in [3.8, 4) is 5.75 Å². The summed E-state index contributed by atoms with van der Waals surface area (Å²) in [5.74, 6) is -0.579. The average Bonchev–Trinajstić information content (AvgIpc) is 2.79. The number of nitro groups is 1. The third-order valence-electron chi connectivity index (χ3n) is 5.31. The number of ether oxygens (including phenoxy) is 1. The van der Waals surface area contributed by atoms with Gasteiger partial charge in [0.15, 0.2) is 6.10 Å². The van der Waals surface area contributed by atoms with Gasteiger partial charge >= 0.3 is 0 Å². The number of amides is 1. The van der Waals surface area contributed by atoms with E-state index in [2.05, 4.69) is 5.32 Å². The van der Waals surface area contributed by atoms with Crippen LogP contribution < -0.4 is 14.4 Å². The number of nitrogens with one attached hydrogen (secondary N) is 1. The van der Waals surface area contributed by atoms with E-state index in [4.69, 9.17) is 4.74 Å². The molecule has 9 nitrogen and oxygen atoms in total. The molecular weight excluding hydrogens is 446 g/mol. The molecule has 0 saturated carbocycles. The van der Waals surface area contributed by atoms with Gasteiger partial charge in [-0.3, -0.25) is 19.2 Å². The maximum Gasteiger partial charge on any atom is 0.274 e. The Bertz CT molecular complexity index is 1310. The monoisotopic (exact) mass is 467 g/mol. The molecule has 0 radical (unpaired) electrons. The number of nitro benzene ring substituents is 1. The van der Waals surface area contributed by atoms with Gasteiger partial charge in [-0.2, -0.15) is 0 Å². The molecule has 0 saturated heterocycles. The largest absolute Gasteiger partial charge is 0.476 e. The number of benzene rings is 3. The first-order valence-electron chi connectivity index (χ1n) is 10.1. The average molecular weight is 468 g/mol. The van der Waals surface area contributed by atoms with Crippen LogP contribution in [-0.2, 0) is 20.6 Å². The zero-order valence-corrected chi connectivity index (χ0v) is 18.5. The fraction of sp³-hybridized carbons (Fsp3) is 0.174. The summed E-state index contributed by atoms with van der Waals surface area (Å²) in [5, 5.41) is 13.8. The van der Waals surface area contributed by atoms with E-state index >= 15 is 0 Å². The fourth-order valence-corrected chi connectivity index (χ4v) is 5.22. The van der Waals surface area contributed by atoms with E-state index in [-0.39, 0.29) is 29.4 Å². The van der Waals surface area contributed by atoms with Crippen LogP contribution >= 0.6 is 0 Å². The van der Waals surface area contributed by atoms with Gasteiger partial charge in [-0.15, -0.1) is 0 Å². The topological polar surface area (TPSA) is 119 Å². The van der Waals surface area contributed by atoms with E-state index < -0.39 is 27.0 Å². The zero-order chi connectivity index (χ0) is 23.6. The summed E-state index contributed by atoms with van der Waals surface area (Å²) < 4.78 is 33.6. The number of carbonyl (C=O) groups is 1. The van der Waals surface area contributed by atoms with Crippen molar-refractivity contribution in [2.45, 2.75) is 18.8 Å². The Morgan fingerprint density at radius 2 is 1.79 bits per heavy atom. The van der Waals surface area contributed by atoms with Crippen molar-refractivity contribution in [3.63, 3.8) is 0 Å². The molecule has 0 unspecified atom stereocenters. The highest BCUT2D eigenvalue weighted by atomic mass is 32.2. The van der Waals surface area contributed by atoms with Gasteiger partial charge in [0.1, 0.15) is 5.75 Å². The van der Waals surface area contributed by atoms with Gasteiger partial charge in [-0.25, -0.2) is 8.42 Å². The first-order chi connectivity index (χ1) is 15.8. The maximum absolute atomic E-state index is 13.3. The molecule has 0 fully saturated rings. The minimum Gasteiger partial charge on any atom is -0.476 e. The van der Waals surface area contributed by atoms with Gasteiger partial charge in [0.05, 0.1) is 34.2 Å². The van der Waals surface area contributed by atoms with Crippen LogP contribution in [0.4, 0.5) is 17.1 Å². The molecule has 1 aliphatic heterocycles. The summed E-state index contributed by atoms with van der Waals surface area (Å²) in [5.41, 5.74) is 1.39. The molecule has 33 heavy (non-hydrogen) atoms. The van der Waals surface area contributed by atoms with Crippen LogP contribution in [0.1, 0.15) is 11.1 Å². The highest BCUT2D eigenvalue weighted by Gasteiger charge is 2.37. The number of rotatable bonds is 6. The molecule has 3 aromatic rings. The van der Waals surface area contributed by atoms with Crippen molar-refractivity contribution in [1.29, 1.82) is 0 Å². The van der Waals surface area contributed by atoms with Crippen LogP contribution in [0, 0.1) is 17.0 Å². The first-order valence-corrected chi connectivity index (χ1v) is 11.7. The van der Waals surface area contributed by atoms with E-state index in [9.17, 15) is 23.3 Å². The fourth-order valence-electron chi connectivity index (χ4n) is 3.63. The van der Waals surface area contributed by atoms with Crippen molar-refractivity contribution >= 4 is 33.0 Å². The molecule has 1 N–H and O–H groups in total. The predicted octanol–water partition coefficient (Wildman–Crippen LogP) is 3.64. The van der Waals surface area contributed by atoms with Crippen LogP contribution in [0.5, 0.6) is 5.75 Å². The molecule has 1 amide bonds. The van der Waals surface area contributed by atoms with Crippen LogP contribution in [0.25, 0.3) is 0 Å². The Balaban J connectivity index is 1.62. The van der Waals surface area contributed by atoms with E-state index in [0.29, 0.717) is 16.8 Å². The Morgan fingerprint density at radius 3 is 2.52 bits per heavy atom. The van der Waals surface area contributed by atoms with Gasteiger partial charge in [0, 0.05) is 6.07 Å². The number of carbonyl (C=O) groups excluding carboxylic acids is 1. The minimum atomic E-state index is -3.83. The van der Waals surface area contributed by atoms with Crippen LogP contribution in [0.15, 0.2) is 72.8 Å². The summed E-state index contributed by atoms with van der Waals surface area (Å²) in [4.78, 5) is 23.7. The lowest BCUT2D eigenvalue weighted by atomic mass is 10.1. The molecule has 3 aromatic carbocycles. The molecule has 4 rings (SSSR count). The van der Waals surface area contributed by atoms with Gasteiger partial charge in [-0.1, -0.05) is 48.5 Å². The highest BCUT2D eigenvalue weighted by Crippen LogP contribution is 2.36. The molecule has 0 bridgehead atoms. The predicted molar refractivity (Wildman–Crippen MR) is 124 cm³/mol. The van der Waals surface area contributed by atoms with Crippen molar-refractivity contribution in [1.82, 2.24) is 0 Å². The number of hydrogen-bond donors (Lipinski definition) is 1. The zero-order valence-electron chi connectivity index (χ0n) is 17.7. The van der Waals surface area contributed by atoms with E-state index in [0.717, 1.165) is 0 Å². The maximum atomic E-state index is 13.3. The van der Waals surface area contributed by atoms with Crippen molar-refractivity contribution in [2.75, 3.05) is 16.2 Å². The third-order valence-corrected chi connectivity index (χ3v) is 7.03. The SMILES string of the molecule is Cc1c(NC(=O)[C@@H]2CN(S(=O)(=O)Cc3ccccc3)c3ccccc3O2)cccc1[N+](=O)[O-]. The van der Waals surface area contributed by atoms with Crippen molar-refractivity contribution in [2.24, 2.45) is 0 Å². The molecule has 1 heterocycles. The standard InChI is InChI=1S/C23H21N3O6S/c1-16-18(10-7-12-19(16)26(28)29)24-23(27)22-14-25(20-11-5-6-13-21(20)32-22)33(30,31)15-17-8-3-2-4-9-17/h2-13,22H,14-15H2,1H3,(H,24,27)/t22-/m0/s1. The lowest BCUT2D eigenvalue weighted by molar-refractivity contribution is -0.385. The van der Waals surface area contributed by atoms with Gasteiger partial charge in [0.2, 0.25) is 10.0 Å². The molecule has 0 spiro atoms. The van der Waals surface area contributed by atoms with E-state index in [1.807, 2.05) is 0 Å².